The Labute approximate surface area is 150 Å². The van der Waals surface area contributed by atoms with Crippen molar-refractivity contribution in [2.75, 3.05) is 12.8 Å². The standard InChI is InChI=1S/C7H7NO5S2.C6H5Cl2N/c1-8(14(9)10)6-2-4-7(5-3-6)15(11,12)13;7-4-1-2-5(8)6(9)3-4/h2-5H,1H3;1-3H,9H2/p+1. The van der Waals surface area contributed by atoms with Crippen LogP contribution in [0.1, 0.15) is 0 Å². The molecule has 0 aliphatic carbocycles. The van der Waals surface area contributed by atoms with Crippen molar-refractivity contribution >= 4 is 55.2 Å². The second-order valence-electron chi connectivity index (χ2n) is 4.35. The normalized spacial score (nSPS) is 10.5. The van der Waals surface area contributed by atoms with E-state index in [0.717, 1.165) is 16.1 Å². The molecule has 0 heterocycles. The molecule has 0 saturated heterocycles. The number of halogens is 2. The molecule has 2 aromatic carbocycles. The fraction of sp³-hybridized carbons (Fsp3) is 0.0769. The zero-order chi connectivity index (χ0) is 18.5. The van der Waals surface area contributed by atoms with Crippen molar-refractivity contribution in [2.45, 2.75) is 4.90 Å². The second kappa shape index (κ2) is 8.45. The van der Waals surface area contributed by atoms with Crippen molar-refractivity contribution < 1.29 is 25.3 Å². The number of nitrogens with two attached hydrogens (primary N) is 1. The van der Waals surface area contributed by atoms with Crippen molar-refractivity contribution in [1.29, 1.82) is 0 Å². The summed E-state index contributed by atoms with van der Waals surface area (Å²) in [5.74, 6) is 0. The first-order valence-corrected chi connectivity index (χ1v) is 9.36. The molecular formula is C13H13Cl2N2O5S2+. The lowest BCUT2D eigenvalue weighted by Gasteiger charge is -1.95. The molecule has 3 N–H and O–H groups in total. The highest BCUT2D eigenvalue weighted by atomic mass is 35.5. The molecular weight excluding hydrogens is 399 g/mol. The van der Waals surface area contributed by atoms with Crippen LogP contribution in [0.25, 0.3) is 0 Å². The summed E-state index contributed by atoms with van der Waals surface area (Å²) in [7, 11) is -5.34. The van der Waals surface area contributed by atoms with Crippen LogP contribution in [0.5, 0.6) is 0 Å². The Balaban J connectivity index is 0.000000272. The Morgan fingerprint density at radius 3 is 2.00 bits per heavy atom. The second-order valence-corrected chi connectivity index (χ2v) is 7.60. The molecule has 0 atom stereocenters. The van der Waals surface area contributed by atoms with E-state index in [4.69, 9.17) is 33.5 Å². The predicted molar refractivity (Wildman–Crippen MR) is 91.9 cm³/mol. The van der Waals surface area contributed by atoms with Crippen LogP contribution in [-0.2, 0) is 20.6 Å². The molecule has 0 fully saturated rings. The van der Waals surface area contributed by atoms with Gasteiger partial charge < -0.3 is 5.73 Å². The fourth-order valence-corrected chi connectivity index (χ4v) is 2.50. The Morgan fingerprint density at radius 2 is 1.62 bits per heavy atom. The van der Waals surface area contributed by atoms with E-state index >= 15 is 0 Å². The van der Waals surface area contributed by atoms with Gasteiger partial charge in [0.1, 0.15) is 0 Å². The third-order valence-corrected chi connectivity index (χ3v) is 4.79. The van der Waals surface area contributed by atoms with Gasteiger partial charge >= 0.3 is 10.5 Å². The molecule has 0 spiro atoms. The highest BCUT2D eigenvalue weighted by Crippen LogP contribution is 2.21. The Bertz CT molecular complexity index is 964. The van der Waals surface area contributed by atoms with Gasteiger partial charge in [-0.1, -0.05) is 27.1 Å². The summed E-state index contributed by atoms with van der Waals surface area (Å²) in [6, 6.07) is 9.77. The van der Waals surface area contributed by atoms with Crippen LogP contribution in [0.3, 0.4) is 0 Å². The highest BCUT2D eigenvalue weighted by molar-refractivity contribution is 7.85. The fourth-order valence-electron chi connectivity index (χ4n) is 1.43. The average molecular weight is 412 g/mol. The number of benzene rings is 2. The number of nitrogen functional groups attached to an aromatic ring is 1. The van der Waals surface area contributed by atoms with E-state index in [0.29, 0.717) is 21.4 Å². The van der Waals surface area contributed by atoms with E-state index in [1.165, 1.54) is 19.2 Å². The molecule has 24 heavy (non-hydrogen) atoms. The van der Waals surface area contributed by atoms with Crippen LogP contribution in [0.4, 0.5) is 11.4 Å². The maximum atomic E-state index is 10.7. The summed E-state index contributed by atoms with van der Waals surface area (Å²) < 4.78 is 52.0. The minimum absolute atomic E-state index is 0.281. The minimum atomic E-state index is -4.24. The van der Waals surface area contributed by atoms with Crippen molar-refractivity contribution in [3.05, 3.63) is 52.5 Å². The van der Waals surface area contributed by atoms with Crippen molar-refractivity contribution in [3.63, 3.8) is 0 Å². The third-order valence-electron chi connectivity index (χ3n) is 2.68. The van der Waals surface area contributed by atoms with E-state index < -0.39 is 20.6 Å². The molecule has 0 aromatic heterocycles. The Kier molecular flexibility index (Phi) is 7.18. The van der Waals surface area contributed by atoms with Gasteiger partial charge in [-0.3, -0.25) is 4.55 Å². The van der Waals surface area contributed by atoms with Crippen LogP contribution in [0.15, 0.2) is 47.4 Å². The topological polar surface area (TPSA) is 118 Å². The van der Waals surface area contributed by atoms with Gasteiger partial charge in [-0.05, 0) is 30.3 Å². The van der Waals surface area contributed by atoms with Crippen LogP contribution >= 0.6 is 23.2 Å². The summed E-state index contributed by atoms with van der Waals surface area (Å²) in [5, 5.41) is 1.15. The van der Waals surface area contributed by atoms with Crippen LogP contribution in [-0.4, -0.2) is 32.4 Å². The molecule has 0 radical (unpaired) electrons. The van der Waals surface area contributed by atoms with Gasteiger partial charge in [-0.15, -0.1) is 8.42 Å². The first-order chi connectivity index (χ1) is 11.0. The molecule has 130 valence electrons. The van der Waals surface area contributed by atoms with Crippen LogP contribution in [0, 0.1) is 0 Å². The smallest absolute Gasteiger partial charge is 0.397 e. The molecule has 0 unspecified atom stereocenters. The van der Waals surface area contributed by atoms with E-state index in [-0.39, 0.29) is 4.90 Å². The summed E-state index contributed by atoms with van der Waals surface area (Å²) >= 11 is 11.2. The maximum Gasteiger partial charge on any atom is 0.464 e. The lowest BCUT2D eigenvalue weighted by molar-refractivity contribution is -0.377. The zero-order valence-corrected chi connectivity index (χ0v) is 15.4. The quantitative estimate of drug-likeness (QED) is 0.445. The number of anilines is 1. The monoisotopic (exact) mass is 411 g/mol. The molecule has 2 aromatic rings. The van der Waals surface area contributed by atoms with E-state index in [1.54, 1.807) is 18.2 Å². The summed E-state index contributed by atoms with van der Waals surface area (Å²) in [4.78, 5) is -0.281. The lowest BCUT2D eigenvalue weighted by Crippen LogP contribution is -1.99. The third kappa shape index (κ3) is 6.10. The first-order valence-electron chi connectivity index (χ1n) is 6.13. The van der Waals surface area contributed by atoms with Gasteiger partial charge in [0.05, 0.1) is 15.6 Å². The van der Waals surface area contributed by atoms with Gasteiger partial charge in [0.15, 0.2) is 7.05 Å². The minimum Gasteiger partial charge on any atom is -0.397 e. The summed E-state index contributed by atoms with van der Waals surface area (Å²) in [6.07, 6.45) is 0. The molecule has 0 aliphatic rings. The van der Waals surface area contributed by atoms with Gasteiger partial charge in [0.2, 0.25) is 5.69 Å². The predicted octanol–water partition coefficient (Wildman–Crippen LogP) is 2.85. The number of nitrogens with zero attached hydrogens (tertiary/aromatic N) is 1. The first kappa shape index (κ1) is 20.4. The van der Waals surface area contributed by atoms with Crippen LogP contribution < -0.4 is 5.73 Å². The number of hydrogen-bond acceptors (Lipinski definition) is 5. The Morgan fingerprint density at radius 1 is 1.08 bits per heavy atom. The average Bonchev–Trinajstić information content (AvgIpc) is 2.50. The van der Waals surface area contributed by atoms with Crippen molar-refractivity contribution in [2.24, 2.45) is 0 Å². The zero-order valence-electron chi connectivity index (χ0n) is 12.2. The lowest BCUT2D eigenvalue weighted by atomic mass is 10.3. The van der Waals surface area contributed by atoms with Gasteiger partial charge in [0, 0.05) is 17.2 Å². The number of hydrogen-bond donors (Lipinski definition) is 2. The molecule has 0 bridgehead atoms. The van der Waals surface area contributed by atoms with E-state index in [2.05, 4.69) is 0 Å². The highest BCUT2D eigenvalue weighted by Gasteiger charge is 2.12. The molecule has 7 nitrogen and oxygen atoms in total. The van der Waals surface area contributed by atoms with Gasteiger partial charge in [-0.2, -0.15) is 8.42 Å². The largest absolute Gasteiger partial charge is 0.464 e. The molecule has 0 saturated carbocycles. The van der Waals surface area contributed by atoms with Gasteiger partial charge in [0.25, 0.3) is 10.1 Å². The maximum absolute atomic E-state index is 10.7. The van der Waals surface area contributed by atoms with Crippen LogP contribution in [0.2, 0.25) is 10.0 Å². The van der Waals surface area contributed by atoms with E-state index in [1.807, 2.05) is 0 Å². The van der Waals surface area contributed by atoms with E-state index in [9.17, 15) is 16.8 Å². The SMILES string of the molecule is C[N+](c1ccc(S(=O)(=O)O)cc1)=S(=O)=O.Nc1cc(Cl)ccc1Cl. The van der Waals surface area contributed by atoms with Gasteiger partial charge in [-0.25, -0.2) is 0 Å². The summed E-state index contributed by atoms with van der Waals surface area (Å²) in [6.45, 7) is 0. The van der Waals surface area contributed by atoms with Crippen molar-refractivity contribution in [3.8, 4) is 0 Å². The molecule has 0 aliphatic heterocycles. The molecule has 11 heteroatoms. The Hall–Kier alpha value is -1.65. The number of rotatable bonds is 2. The molecule has 0 amide bonds. The molecule has 2 rings (SSSR count). The summed E-state index contributed by atoms with van der Waals surface area (Å²) in [5.41, 5.74) is 6.22. The van der Waals surface area contributed by atoms with Crippen molar-refractivity contribution in [1.82, 2.24) is 0 Å².